The first-order chi connectivity index (χ1) is 6.30. The summed E-state index contributed by atoms with van der Waals surface area (Å²) in [5.74, 6) is -0.877. The third-order valence-corrected chi connectivity index (χ3v) is 2.45. The summed E-state index contributed by atoms with van der Waals surface area (Å²) in [6, 6.07) is 2.87. The lowest BCUT2D eigenvalue weighted by atomic mass is 10.2. The van der Waals surface area contributed by atoms with Crippen LogP contribution in [-0.2, 0) is 10.2 Å². The molecular formula is C7H5ClFNO3S. The first kappa shape index (κ1) is 10.9. The number of carbonyl (C=O) groups excluding carboxylic acids is 1. The van der Waals surface area contributed by atoms with Gasteiger partial charge in [-0.1, -0.05) is 11.6 Å². The van der Waals surface area contributed by atoms with Crippen LogP contribution in [0.4, 0.5) is 3.89 Å². The topological polar surface area (TPSA) is 77.2 Å². The second-order valence-corrected chi connectivity index (χ2v) is 4.26. The molecule has 0 spiro atoms. The number of amides is 1. The molecule has 76 valence electrons. The number of hydrogen-bond acceptors (Lipinski definition) is 3. The Morgan fingerprint density at radius 1 is 1.36 bits per heavy atom. The van der Waals surface area contributed by atoms with Crippen LogP contribution in [0.15, 0.2) is 23.1 Å². The summed E-state index contributed by atoms with van der Waals surface area (Å²) in [5.41, 5.74) is 4.72. The molecule has 0 aliphatic rings. The van der Waals surface area contributed by atoms with Crippen molar-refractivity contribution in [3.63, 3.8) is 0 Å². The summed E-state index contributed by atoms with van der Waals surface area (Å²) in [4.78, 5) is 10.00. The smallest absolute Gasteiger partial charge is 0.332 e. The van der Waals surface area contributed by atoms with E-state index in [1.54, 1.807) is 0 Å². The maximum absolute atomic E-state index is 12.5. The highest BCUT2D eigenvalue weighted by Crippen LogP contribution is 2.20. The van der Waals surface area contributed by atoms with Crippen LogP contribution in [0.5, 0.6) is 0 Å². The molecule has 0 aliphatic heterocycles. The molecule has 0 atom stereocenters. The number of carbonyl (C=O) groups is 1. The lowest BCUT2D eigenvalue weighted by Gasteiger charge is -1.99. The van der Waals surface area contributed by atoms with Crippen LogP contribution in [0.25, 0.3) is 0 Å². The van der Waals surface area contributed by atoms with E-state index in [0.29, 0.717) is 0 Å². The summed E-state index contributed by atoms with van der Waals surface area (Å²) < 4.78 is 33.5. The van der Waals surface area contributed by atoms with Crippen molar-refractivity contribution in [3.8, 4) is 0 Å². The van der Waals surface area contributed by atoms with E-state index in [1.807, 2.05) is 0 Å². The second kappa shape index (κ2) is 3.55. The number of hydrogen-bond donors (Lipinski definition) is 1. The molecule has 7 heteroatoms. The van der Waals surface area contributed by atoms with Crippen LogP contribution in [0.2, 0.25) is 5.02 Å². The number of primary amides is 1. The van der Waals surface area contributed by atoms with Crippen molar-refractivity contribution in [3.05, 3.63) is 28.8 Å². The van der Waals surface area contributed by atoms with E-state index >= 15 is 0 Å². The summed E-state index contributed by atoms with van der Waals surface area (Å²) in [7, 11) is -4.87. The largest absolute Gasteiger partial charge is 0.366 e. The SMILES string of the molecule is NC(=O)c1cc(Cl)cc(S(=O)(=O)F)c1. The molecule has 1 rings (SSSR count). The maximum atomic E-state index is 12.5. The minimum atomic E-state index is -4.87. The molecule has 0 bridgehead atoms. The van der Waals surface area contributed by atoms with Gasteiger partial charge in [0.25, 0.3) is 0 Å². The van der Waals surface area contributed by atoms with Gasteiger partial charge in [-0.25, -0.2) is 0 Å². The van der Waals surface area contributed by atoms with Gasteiger partial charge >= 0.3 is 10.2 Å². The molecular weight excluding hydrogens is 233 g/mol. The average Bonchev–Trinajstić information content (AvgIpc) is 2.01. The van der Waals surface area contributed by atoms with E-state index in [4.69, 9.17) is 17.3 Å². The fourth-order valence-electron chi connectivity index (χ4n) is 0.846. The Morgan fingerprint density at radius 3 is 2.36 bits per heavy atom. The fraction of sp³-hybridized carbons (Fsp3) is 0. The predicted molar refractivity (Wildman–Crippen MR) is 48.3 cm³/mol. The Labute approximate surface area is 84.7 Å². The first-order valence-electron chi connectivity index (χ1n) is 3.36. The summed E-state index contributed by atoms with van der Waals surface area (Å²) in [5, 5.41) is -0.0717. The minimum absolute atomic E-state index is 0.0717. The molecule has 1 aromatic carbocycles. The molecule has 2 N–H and O–H groups in total. The molecule has 0 saturated heterocycles. The lowest BCUT2D eigenvalue weighted by molar-refractivity contribution is 0.1000. The zero-order chi connectivity index (χ0) is 10.9. The Balaban J connectivity index is 3.43. The highest BCUT2D eigenvalue weighted by Gasteiger charge is 2.15. The van der Waals surface area contributed by atoms with Crippen LogP contribution in [0.1, 0.15) is 10.4 Å². The van der Waals surface area contributed by atoms with Crippen molar-refractivity contribution in [1.82, 2.24) is 0 Å². The summed E-state index contributed by atoms with van der Waals surface area (Å²) in [6.45, 7) is 0. The van der Waals surface area contributed by atoms with Gasteiger partial charge in [-0.15, -0.1) is 3.89 Å². The van der Waals surface area contributed by atoms with Crippen molar-refractivity contribution in [1.29, 1.82) is 0 Å². The Kier molecular flexibility index (Phi) is 2.77. The fourth-order valence-corrected chi connectivity index (χ4v) is 1.68. The number of halogens is 2. The van der Waals surface area contributed by atoms with Crippen molar-refractivity contribution >= 4 is 27.7 Å². The molecule has 0 fully saturated rings. The molecule has 0 aromatic heterocycles. The van der Waals surface area contributed by atoms with Crippen LogP contribution < -0.4 is 5.73 Å². The van der Waals surface area contributed by atoms with Crippen LogP contribution in [0, 0.1) is 0 Å². The molecule has 4 nitrogen and oxygen atoms in total. The van der Waals surface area contributed by atoms with Gasteiger partial charge in [0, 0.05) is 10.6 Å². The predicted octanol–water partition coefficient (Wildman–Crippen LogP) is 1.10. The van der Waals surface area contributed by atoms with Crippen molar-refractivity contribution in [2.45, 2.75) is 4.90 Å². The van der Waals surface area contributed by atoms with Crippen molar-refractivity contribution < 1.29 is 17.1 Å². The standard InChI is InChI=1S/C7H5ClFNO3S/c8-5-1-4(7(10)11)2-6(3-5)14(9,12)13/h1-3H,(H2,10,11). The zero-order valence-corrected chi connectivity index (χ0v) is 8.27. The lowest BCUT2D eigenvalue weighted by Crippen LogP contribution is -2.11. The van der Waals surface area contributed by atoms with Crippen molar-refractivity contribution in [2.24, 2.45) is 5.73 Å². The Bertz CT molecular complexity index is 486. The molecule has 0 radical (unpaired) electrons. The van der Waals surface area contributed by atoms with Gasteiger partial charge in [0.15, 0.2) is 0 Å². The van der Waals surface area contributed by atoms with Gasteiger partial charge in [0.1, 0.15) is 4.90 Å². The van der Waals surface area contributed by atoms with E-state index in [2.05, 4.69) is 0 Å². The van der Waals surface area contributed by atoms with Gasteiger partial charge in [-0.2, -0.15) is 8.42 Å². The molecule has 0 saturated carbocycles. The monoisotopic (exact) mass is 237 g/mol. The van der Waals surface area contributed by atoms with Gasteiger partial charge in [0.05, 0.1) is 0 Å². The minimum Gasteiger partial charge on any atom is -0.366 e. The van der Waals surface area contributed by atoms with Crippen molar-refractivity contribution in [2.75, 3.05) is 0 Å². The molecule has 1 aromatic rings. The summed E-state index contributed by atoms with van der Waals surface area (Å²) >= 11 is 5.46. The summed E-state index contributed by atoms with van der Waals surface area (Å²) in [6.07, 6.45) is 0. The van der Waals surface area contributed by atoms with Crippen LogP contribution in [0.3, 0.4) is 0 Å². The zero-order valence-electron chi connectivity index (χ0n) is 6.70. The molecule has 0 unspecified atom stereocenters. The second-order valence-electron chi connectivity index (χ2n) is 2.48. The molecule has 1 amide bonds. The quantitative estimate of drug-likeness (QED) is 0.783. The van der Waals surface area contributed by atoms with Crippen LogP contribution in [-0.4, -0.2) is 14.3 Å². The highest BCUT2D eigenvalue weighted by atomic mass is 35.5. The first-order valence-corrected chi connectivity index (χ1v) is 5.12. The molecule has 0 heterocycles. The maximum Gasteiger partial charge on any atom is 0.332 e. The normalized spacial score (nSPS) is 11.3. The number of rotatable bonds is 2. The molecule has 0 aliphatic carbocycles. The van der Waals surface area contributed by atoms with Gasteiger partial charge in [0.2, 0.25) is 5.91 Å². The van der Waals surface area contributed by atoms with E-state index < -0.39 is 21.0 Å². The Morgan fingerprint density at radius 2 is 1.93 bits per heavy atom. The number of nitrogens with two attached hydrogens (primary N) is 1. The third-order valence-electron chi connectivity index (χ3n) is 1.44. The van der Waals surface area contributed by atoms with E-state index in [1.165, 1.54) is 0 Å². The highest BCUT2D eigenvalue weighted by molar-refractivity contribution is 7.86. The van der Waals surface area contributed by atoms with Gasteiger partial charge in [-0.3, -0.25) is 4.79 Å². The Hall–Kier alpha value is -1.14. The van der Waals surface area contributed by atoms with E-state index in [9.17, 15) is 17.1 Å². The van der Waals surface area contributed by atoms with Gasteiger partial charge in [-0.05, 0) is 18.2 Å². The van der Waals surface area contributed by atoms with E-state index in [-0.39, 0.29) is 10.6 Å². The van der Waals surface area contributed by atoms with Crippen LogP contribution >= 0.6 is 11.6 Å². The molecule has 14 heavy (non-hydrogen) atoms. The number of benzene rings is 1. The van der Waals surface area contributed by atoms with Gasteiger partial charge < -0.3 is 5.73 Å². The van der Waals surface area contributed by atoms with E-state index in [0.717, 1.165) is 18.2 Å². The third kappa shape index (κ3) is 2.43. The average molecular weight is 238 g/mol.